The molecule has 2 atom stereocenters. The molecule has 2 heteroatoms. The third-order valence-electron chi connectivity index (χ3n) is 2.30. The molecule has 62 valence electrons. The van der Waals surface area contributed by atoms with Crippen LogP contribution in [0.15, 0.2) is 0 Å². The van der Waals surface area contributed by atoms with Gasteiger partial charge < -0.3 is 0 Å². The first-order valence-electron chi connectivity index (χ1n) is 3.77. The molecule has 0 nitrogen and oxygen atoms in total. The Morgan fingerprint density at radius 1 is 1.30 bits per heavy atom. The molecule has 0 saturated heterocycles. The Bertz CT molecular complexity index is 93.9. The Balaban J connectivity index is 3.94. The van der Waals surface area contributed by atoms with Gasteiger partial charge in [-0.3, -0.25) is 0 Å². The lowest BCUT2D eigenvalue weighted by atomic mass is 9.89. The molecule has 0 heterocycles. The first-order chi connectivity index (χ1) is 4.39. The predicted molar refractivity (Wildman–Crippen MR) is 39.2 cm³/mol. The minimum Gasteiger partial charge on any atom is -0.207 e. The maximum atomic E-state index is 12.6. The Kier molecular flexibility index (Phi) is 3.26. The van der Waals surface area contributed by atoms with Crippen molar-refractivity contribution < 1.29 is 8.78 Å². The molecule has 0 spiro atoms. The summed E-state index contributed by atoms with van der Waals surface area (Å²) in [7, 11) is 0. The highest BCUT2D eigenvalue weighted by molar-refractivity contribution is 4.72. The Morgan fingerprint density at radius 3 is 1.80 bits per heavy atom. The van der Waals surface area contributed by atoms with Crippen molar-refractivity contribution in [3.05, 3.63) is 0 Å². The standard InChI is InChI=1S/C8H16F2/c1-5-6(2)7(3)8(4,9)10/h6-7H,5H2,1-4H3. The van der Waals surface area contributed by atoms with E-state index < -0.39 is 11.8 Å². The van der Waals surface area contributed by atoms with Crippen molar-refractivity contribution in [1.29, 1.82) is 0 Å². The van der Waals surface area contributed by atoms with Crippen LogP contribution in [0.1, 0.15) is 34.1 Å². The van der Waals surface area contributed by atoms with Gasteiger partial charge in [-0.1, -0.05) is 27.2 Å². The van der Waals surface area contributed by atoms with E-state index in [1.54, 1.807) is 6.92 Å². The summed E-state index contributed by atoms with van der Waals surface area (Å²) >= 11 is 0. The summed E-state index contributed by atoms with van der Waals surface area (Å²) in [5, 5.41) is 0. The Hall–Kier alpha value is -0.140. The maximum Gasteiger partial charge on any atom is 0.248 e. The Morgan fingerprint density at radius 2 is 1.70 bits per heavy atom. The second-order valence-electron chi connectivity index (χ2n) is 3.13. The molecule has 0 aliphatic heterocycles. The smallest absolute Gasteiger partial charge is 0.207 e. The van der Waals surface area contributed by atoms with Gasteiger partial charge in [-0.2, -0.15) is 0 Å². The molecule has 0 aromatic carbocycles. The molecule has 0 fully saturated rings. The third kappa shape index (κ3) is 2.63. The van der Waals surface area contributed by atoms with E-state index in [1.165, 1.54) is 0 Å². The summed E-state index contributed by atoms with van der Waals surface area (Å²) in [6.07, 6.45) is 0.824. The zero-order chi connectivity index (χ0) is 8.36. The van der Waals surface area contributed by atoms with Gasteiger partial charge in [0, 0.05) is 5.92 Å². The van der Waals surface area contributed by atoms with Crippen LogP contribution in [0.2, 0.25) is 0 Å². The van der Waals surface area contributed by atoms with Gasteiger partial charge in [0.25, 0.3) is 0 Å². The molecular formula is C8H16F2. The van der Waals surface area contributed by atoms with Crippen molar-refractivity contribution in [3.8, 4) is 0 Å². The van der Waals surface area contributed by atoms with Crippen molar-refractivity contribution in [2.45, 2.75) is 40.0 Å². The van der Waals surface area contributed by atoms with Gasteiger partial charge in [0.2, 0.25) is 5.92 Å². The highest BCUT2D eigenvalue weighted by Crippen LogP contribution is 2.30. The molecule has 0 aliphatic carbocycles. The van der Waals surface area contributed by atoms with Crippen LogP contribution in [0.5, 0.6) is 0 Å². The van der Waals surface area contributed by atoms with Crippen LogP contribution in [0.25, 0.3) is 0 Å². The van der Waals surface area contributed by atoms with Crippen LogP contribution >= 0.6 is 0 Å². The fourth-order valence-electron chi connectivity index (χ4n) is 0.853. The average Bonchev–Trinajstić information content (AvgIpc) is 1.83. The van der Waals surface area contributed by atoms with Crippen molar-refractivity contribution >= 4 is 0 Å². The van der Waals surface area contributed by atoms with E-state index in [1.807, 2.05) is 13.8 Å². The van der Waals surface area contributed by atoms with E-state index in [0.717, 1.165) is 13.3 Å². The van der Waals surface area contributed by atoms with E-state index in [0.29, 0.717) is 0 Å². The molecule has 0 aliphatic rings. The second-order valence-corrected chi connectivity index (χ2v) is 3.13. The SMILES string of the molecule is CCC(C)C(C)C(C)(F)F. The first kappa shape index (κ1) is 9.86. The summed E-state index contributed by atoms with van der Waals surface area (Å²) in [6, 6.07) is 0. The lowest BCUT2D eigenvalue weighted by Crippen LogP contribution is -2.26. The van der Waals surface area contributed by atoms with Gasteiger partial charge in [0.1, 0.15) is 0 Å². The highest BCUT2D eigenvalue weighted by atomic mass is 19.3. The van der Waals surface area contributed by atoms with Crippen LogP contribution in [0.4, 0.5) is 8.78 Å². The van der Waals surface area contributed by atoms with Crippen molar-refractivity contribution in [2.75, 3.05) is 0 Å². The van der Waals surface area contributed by atoms with Crippen LogP contribution < -0.4 is 0 Å². The van der Waals surface area contributed by atoms with Gasteiger partial charge in [0.15, 0.2) is 0 Å². The van der Waals surface area contributed by atoms with Gasteiger partial charge >= 0.3 is 0 Å². The predicted octanol–water partition coefficient (Wildman–Crippen LogP) is 3.32. The maximum absolute atomic E-state index is 12.6. The van der Waals surface area contributed by atoms with E-state index >= 15 is 0 Å². The van der Waals surface area contributed by atoms with Crippen LogP contribution in [-0.2, 0) is 0 Å². The molecule has 0 radical (unpaired) electrons. The molecular weight excluding hydrogens is 134 g/mol. The summed E-state index contributed by atoms with van der Waals surface area (Å²) in [5.41, 5.74) is 0. The molecule has 10 heavy (non-hydrogen) atoms. The van der Waals surface area contributed by atoms with Crippen molar-refractivity contribution in [1.82, 2.24) is 0 Å². The zero-order valence-electron chi connectivity index (χ0n) is 7.12. The molecule has 2 unspecified atom stereocenters. The van der Waals surface area contributed by atoms with Gasteiger partial charge in [-0.05, 0) is 12.8 Å². The fraction of sp³-hybridized carbons (Fsp3) is 1.00. The topological polar surface area (TPSA) is 0 Å². The number of hydrogen-bond acceptors (Lipinski definition) is 0. The summed E-state index contributed by atoms with van der Waals surface area (Å²) in [6.45, 7) is 6.40. The quantitative estimate of drug-likeness (QED) is 0.579. The zero-order valence-corrected chi connectivity index (χ0v) is 7.12. The normalized spacial score (nSPS) is 18.6. The summed E-state index contributed by atoms with van der Waals surface area (Å²) < 4.78 is 25.1. The fourth-order valence-corrected chi connectivity index (χ4v) is 0.853. The van der Waals surface area contributed by atoms with Crippen LogP contribution in [-0.4, -0.2) is 5.92 Å². The van der Waals surface area contributed by atoms with Gasteiger partial charge in [0.05, 0.1) is 0 Å². The van der Waals surface area contributed by atoms with Gasteiger partial charge in [-0.25, -0.2) is 8.78 Å². The molecule has 0 saturated carbocycles. The summed E-state index contributed by atoms with van der Waals surface area (Å²) in [5.74, 6) is -2.91. The number of alkyl halides is 2. The van der Waals surface area contributed by atoms with Crippen molar-refractivity contribution in [3.63, 3.8) is 0 Å². The van der Waals surface area contributed by atoms with Crippen LogP contribution in [0, 0.1) is 11.8 Å². The molecule has 0 aromatic rings. The number of halogens is 2. The molecule has 0 bridgehead atoms. The second kappa shape index (κ2) is 3.31. The molecule has 0 N–H and O–H groups in total. The minimum atomic E-state index is -2.52. The largest absolute Gasteiger partial charge is 0.248 e. The first-order valence-corrected chi connectivity index (χ1v) is 3.77. The van der Waals surface area contributed by atoms with Gasteiger partial charge in [-0.15, -0.1) is 0 Å². The lowest BCUT2D eigenvalue weighted by molar-refractivity contribution is -0.0528. The number of hydrogen-bond donors (Lipinski definition) is 0. The van der Waals surface area contributed by atoms with Crippen LogP contribution in [0.3, 0.4) is 0 Å². The minimum absolute atomic E-state index is 0.111. The molecule has 0 rings (SSSR count). The average molecular weight is 150 g/mol. The highest BCUT2D eigenvalue weighted by Gasteiger charge is 2.32. The van der Waals surface area contributed by atoms with Crippen molar-refractivity contribution in [2.24, 2.45) is 11.8 Å². The molecule has 0 amide bonds. The summed E-state index contributed by atoms with van der Waals surface area (Å²) in [4.78, 5) is 0. The number of rotatable bonds is 3. The Labute approximate surface area is 61.6 Å². The third-order valence-corrected chi connectivity index (χ3v) is 2.30. The van der Waals surface area contributed by atoms with E-state index in [-0.39, 0.29) is 5.92 Å². The van der Waals surface area contributed by atoms with E-state index in [2.05, 4.69) is 0 Å². The monoisotopic (exact) mass is 150 g/mol. The van der Waals surface area contributed by atoms with E-state index in [4.69, 9.17) is 0 Å². The lowest BCUT2D eigenvalue weighted by Gasteiger charge is -2.24. The molecule has 0 aromatic heterocycles. The van der Waals surface area contributed by atoms with E-state index in [9.17, 15) is 8.78 Å².